The molecule has 1 fully saturated rings. The lowest BCUT2D eigenvalue weighted by atomic mass is 10.2. The average molecular weight is 350 g/mol. The number of carbonyl (C=O) groups excluding carboxylic acids is 2. The maximum Gasteiger partial charge on any atom is 0.302 e. The number of nitrogens with one attached hydrogen (secondary N) is 1. The fourth-order valence-corrected chi connectivity index (χ4v) is 2.72. The van der Waals surface area contributed by atoms with Gasteiger partial charge in [-0.1, -0.05) is 23.9 Å². The molecule has 1 amide bonds. The van der Waals surface area contributed by atoms with E-state index in [4.69, 9.17) is 4.74 Å². The van der Waals surface area contributed by atoms with Crippen LogP contribution >= 0.6 is 11.8 Å². The zero-order valence-electron chi connectivity index (χ0n) is 12.7. The van der Waals surface area contributed by atoms with Crippen molar-refractivity contribution in [1.29, 1.82) is 0 Å². The van der Waals surface area contributed by atoms with E-state index in [1.807, 2.05) is 0 Å². The van der Waals surface area contributed by atoms with Crippen LogP contribution in [-0.2, 0) is 14.3 Å². The molecule has 0 saturated carbocycles. The van der Waals surface area contributed by atoms with Crippen LogP contribution in [0.3, 0.4) is 0 Å². The van der Waals surface area contributed by atoms with E-state index < -0.39 is 16.1 Å². The van der Waals surface area contributed by atoms with Gasteiger partial charge in [-0.05, 0) is 0 Å². The van der Waals surface area contributed by atoms with E-state index in [-0.39, 0.29) is 18.2 Å². The molecule has 0 aliphatic carbocycles. The summed E-state index contributed by atoms with van der Waals surface area (Å²) in [5.74, 6) is -0.620. The molecule has 10 heteroatoms. The Bertz CT molecular complexity index is 719. The number of hydrogen-bond acceptors (Lipinski definition) is 8. The minimum absolute atomic E-state index is 0.0410. The molecule has 0 spiro atoms. The highest BCUT2D eigenvalue weighted by Gasteiger charge is 2.30. The Kier molecular flexibility index (Phi) is 6.01. The number of benzene rings is 1. The normalized spacial score (nSPS) is 18.8. The first-order valence-electron chi connectivity index (χ1n) is 6.92. The van der Waals surface area contributed by atoms with Crippen molar-refractivity contribution in [2.24, 2.45) is 10.2 Å². The summed E-state index contributed by atoms with van der Waals surface area (Å²) in [6.45, 7) is 1.46. The molecule has 1 aliphatic rings. The lowest BCUT2D eigenvalue weighted by molar-refractivity contribution is -0.384. The van der Waals surface area contributed by atoms with Crippen LogP contribution in [0.25, 0.3) is 0 Å². The minimum Gasteiger partial charge on any atom is -0.466 e. The number of hydrogen-bond donors (Lipinski definition) is 1. The first kappa shape index (κ1) is 17.6. The van der Waals surface area contributed by atoms with Gasteiger partial charge in [0.15, 0.2) is 5.17 Å². The molecule has 0 radical (unpaired) electrons. The molecule has 24 heavy (non-hydrogen) atoms. The molecule has 126 valence electrons. The summed E-state index contributed by atoms with van der Waals surface area (Å²) in [6, 6.07) is 5.94. The molecule has 1 aromatic rings. The molecule has 0 aromatic heterocycles. The minimum atomic E-state index is -0.496. The lowest BCUT2D eigenvalue weighted by Gasteiger charge is -2.04. The molecule has 2 rings (SSSR count). The van der Waals surface area contributed by atoms with Crippen LogP contribution in [0, 0.1) is 10.1 Å². The summed E-state index contributed by atoms with van der Waals surface area (Å²) in [4.78, 5) is 32.6. The Morgan fingerprint density at radius 2 is 2.33 bits per heavy atom. The quantitative estimate of drug-likeness (QED) is 0.359. The molecule has 1 heterocycles. The second-order valence-electron chi connectivity index (χ2n) is 4.73. The van der Waals surface area contributed by atoms with Crippen LogP contribution < -0.4 is 5.32 Å². The number of nitro groups is 1. The van der Waals surface area contributed by atoms with Crippen LogP contribution in [0.2, 0.25) is 0 Å². The van der Waals surface area contributed by atoms with Gasteiger partial charge in [0.2, 0.25) is 5.91 Å². The van der Waals surface area contributed by atoms with Crippen molar-refractivity contribution in [3.05, 3.63) is 39.9 Å². The molecule has 0 bridgehead atoms. The van der Waals surface area contributed by atoms with E-state index >= 15 is 0 Å². The van der Waals surface area contributed by atoms with Crippen LogP contribution in [0.5, 0.6) is 0 Å². The molecular weight excluding hydrogens is 336 g/mol. The van der Waals surface area contributed by atoms with E-state index in [9.17, 15) is 19.7 Å². The van der Waals surface area contributed by atoms with E-state index in [1.54, 1.807) is 12.1 Å². The number of nitro benzene ring substituents is 1. The van der Waals surface area contributed by atoms with Crippen molar-refractivity contribution < 1.29 is 19.2 Å². The Morgan fingerprint density at radius 3 is 3.04 bits per heavy atom. The molecule has 1 aromatic carbocycles. The van der Waals surface area contributed by atoms with Crippen molar-refractivity contribution >= 4 is 40.7 Å². The van der Waals surface area contributed by atoms with Gasteiger partial charge in [-0.3, -0.25) is 19.7 Å². The number of thioether (sulfide) groups is 1. The Hall–Kier alpha value is -2.75. The molecule has 1 saturated heterocycles. The largest absolute Gasteiger partial charge is 0.466 e. The van der Waals surface area contributed by atoms with Gasteiger partial charge in [-0.15, -0.1) is 5.10 Å². The smallest absolute Gasteiger partial charge is 0.302 e. The van der Waals surface area contributed by atoms with Gasteiger partial charge in [0.05, 0.1) is 23.0 Å². The highest BCUT2D eigenvalue weighted by Crippen LogP contribution is 2.22. The van der Waals surface area contributed by atoms with E-state index in [2.05, 4.69) is 15.5 Å². The van der Waals surface area contributed by atoms with Crippen LogP contribution in [0.15, 0.2) is 34.5 Å². The molecular formula is C14H14N4O5S. The first-order valence-corrected chi connectivity index (χ1v) is 7.80. The number of esters is 1. The van der Waals surface area contributed by atoms with Gasteiger partial charge in [0.25, 0.3) is 5.69 Å². The summed E-state index contributed by atoms with van der Waals surface area (Å²) >= 11 is 1.19. The van der Waals surface area contributed by atoms with Crippen LogP contribution in [0.4, 0.5) is 5.69 Å². The lowest BCUT2D eigenvalue weighted by Crippen LogP contribution is -2.25. The summed E-state index contributed by atoms with van der Waals surface area (Å²) in [7, 11) is 0. The van der Waals surface area contributed by atoms with E-state index in [1.165, 1.54) is 37.0 Å². The Morgan fingerprint density at radius 1 is 1.54 bits per heavy atom. The van der Waals surface area contributed by atoms with Crippen molar-refractivity contribution in [2.45, 2.75) is 18.6 Å². The Balaban J connectivity index is 1.92. The number of non-ortho nitro benzene ring substituents is 1. The van der Waals surface area contributed by atoms with Gasteiger partial charge >= 0.3 is 5.97 Å². The third-order valence-corrected chi connectivity index (χ3v) is 4.04. The monoisotopic (exact) mass is 350 g/mol. The predicted octanol–water partition coefficient (Wildman–Crippen LogP) is 1.47. The molecule has 1 N–H and O–H groups in total. The summed E-state index contributed by atoms with van der Waals surface area (Å²) in [5.41, 5.74) is 0.481. The maximum atomic E-state index is 11.7. The van der Waals surface area contributed by atoms with Crippen LogP contribution in [0.1, 0.15) is 18.9 Å². The zero-order valence-corrected chi connectivity index (χ0v) is 13.5. The van der Waals surface area contributed by atoms with Crippen molar-refractivity contribution in [2.75, 3.05) is 6.61 Å². The van der Waals surface area contributed by atoms with Gasteiger partial charge in [-0.25, -0.2) is 0 Å². The third-order valence-electron chi connectivity index (χ3n) is 2.90. The number of amides is 1. The van der Waals surface area contributed by atoms with Crippen molar-refractivity contribution in [1.82, 2.24) is 5.32 Å². The standard InChI is InChI=1S/C14H14N4O5S/c1-9(19)23-6-5-12-13(20)16-14(24-12)17-15-8-10-3-2-4-11(7-10)18(21)22/h2-4,7-8,12H,5-6H2,1H3,(H,16,17,20)/b15-8+. The summed E-state index contributed by atoms with van der Waals surface area (Å²) < 4.78 is 4.80. The second-order valence-corrected chi connectivity index (χ2v) is 5.92. The SMILES string of the molecule is CC(=O)OCCC1S/C(=N/N=C/c2cccc([N+](=O)[O-])c2)NC1=O. The molecule has 1 atom stereocenters. The van der Waals surface area contributed by atoms with Gasteiger partial charge in [0, 0.05) is 31.0 Å². The molecule has 9 nitrogen and oxygen atoms in total. The molecule has 1 aliphatic heterocycles. The number of carbonyl (C=O) groups is 2. The highest BCUT2D eigenvalue weighted by molar-refractivity contribution is 8.15. The first-order chi connectivity index (χ1) is 11.5. The number of nitrogens with zero attached hydrogens (tertiary/aromatic N) is 3. The third kappa shape index (κ3) is 5.16. The summed E-state index contributed by atoms with van der Waals surface area (Å²) in [5, 5.41) is 20.9. The van der Waals surface area contributed by atoms with Gasteiger partial charge in [-0.2, -0.15) is 5.10 Å². The summed E-state index contributed by atoms with van der Waals surface area (Å²) in [6.07, 6.45) is 1.74. The second kappa shape index (κ2) is 8.20. The topological polar surface area (TPSA) is 123 Å². The van der Waals surface area contributed by atoms with Crippen molar-refractivity contribution in [3.8, 4) is 0 Å². The van der Waals surface area contributed by atoms with Crippen molar-refractivity contribution in [3.63, 3.8) is 0 Å². The zero-order chi connectivity index (χ0) is 17.5. The Labute approximate surface area is 141 Å². The number of ether oxygens (including phenoxy) is 1. The average Bonchev–Trinajstić information content (AvgIpc) is 2.87. The fourth-order valence-electron chi connectivity index (χ4n) is 1.82. The maximum absolute atomic E-state index is 11.7. The van der Waals surface area contributed by atoms with E-state index in [0.717, 1.165) is 0 Å². The highest BCUT2D eigenvalue weighted by atomic mass is 32.2. The predicted molar refractivity (Wildman–Crippen MR) is 88.9 cm³/mol. The van der Waals surface area contributed by atoms with Crippen LogP contribution in [-0.4, -0.2) is 40.0 Å². The van der Waals surface area contributed by atoms with Gasteiger partial charge in [0.1, 0.15) is 0 Å². The van der Waals surface area contributed by atoms with E-state index in [0.29, 0.717) is 17.2 Å². The van der Waals surface area contributed by atoms with Gasteiger partial charge < -0.3 is 10.1 Å². The fraction of sp³-hybridized carbons (Fsp3) is 0.286. The number of amidine groups is 1. The molecule has 1 unspecified atom stereocenters. The number of rotatable bonds is 6.